The first-order valence-electron chi connectivity index (χ1n) is 16.6. The second-order valence-electron chi connectivity index (χ2n) is 12.5. The van der Waals surface area contributed by atoms with Gasteiger partial charge in [-0.25, -0.2) is 0 Å². The second-order valence-corrected chi connectivity index (χ2v) is 13.6. The highest BCUT2D eigenvalue weighted by Crippen LogP contribution is 2.49. The van der Waals surface area contributed by atoms with Crippen LogP contribution in [0.25, 0.3) is 75.1 Å². The molecule has 2 heterocycles. The van der Waals surface area contributed by atoms with E-state index in [0.717, 1.165) is 39.0 Å². The standard InChI is InChI=1S/C46H29NOS/c1-2-11-32(12-3-1)37-25-26-41(46-45(37)39-15-7-9-17-44(39)49-46)47(36-24-27-43-40(29-36)38-14-6-8-16-42(38)48-43)35-22-20-31(21-23-35)34-19-18-30-10-4-5-13-33(30)28-34/h1-29H. The lowest BCUT2D eigenvalue weighted by Crippen LogP contribution is -2.10. The zero-order valence-corrected chi connectivity index (χ0v) is 27.3. The summed E-state index contributed by atoms with van der Waals surface area (Å²) in [4.78, 5) is 2.41. The molecule has 0 spiro atoms. The van der Waals surface area contributed by atoms with Gasteiger partial charge in [0.2, 0.25) is 0 Å². The normalized spacial score (nSPS) is 11.7. The molecule has 10 aromatic rings. The molecule has 3 heteroatoms. The monoisotopic (exact) mass is 643 g/mol. The molecule has 0 saturated carbocycles. The summed E-state index contributed by atoms with van der Waals surface area (Å²) >= 11 is 1.86. The van der Waals surface area contributed by atoms with E-state index in [9.17, 15) is 0 Å². The van der Waals surface area contributed by atoms with Gasteiger partial charge in [0, 0.05) is 37.6 Å². The first kappa shape index (κ1) is 27.9. The molecule has 49 heavy (non-hydrogen) atoms. The van der Waals surface area contributed by atoms with Crippen molar-refractivity contribution >= 4 is 81.3 Å². The third kappa shape index (κ3) is 4.62. The third-order valence-corrected chi connectivity index (χ3v) is 10.9. The molecule has 0 aliphatic heterocycles. The minimum atomic E-state index is 0.892. The summed E-state index contributed by atoms with van der Waals surface area (Å²) in [5.41, 5.74) is 10.0. The van der Waals surface area contributed by atoms with E-state index in [4.69, 9.17) is 4.42 Å². The van der Waals surface area contributed by atoms with Crippen molar-refractivity contribution in [2.75, 3.05) is 4.90 Å². The fourth-order valence-corrected chi connectivity index (χ4v) is 8.53. The lowest BCUT2D eigenvalue weighted by atomic mass is 9.98. The number of thiophene rings is 1. The van der Waals surface area contributed by atoms with Gasteiger partial charge in [-0.05, 0) is 87.6 Å². The SMILES string of the molecule is c1ccc(-c2ccc(N(c3ccc(-c4ccc5ccccc5c4)cc3)c3ccc4oc5ccccc5c4c3)c3sc4ccccc4c23)cc1. The predicted octanol–water partition coefficient (Wildman–Crippen LogP) is 13.9. The minimum absolute atomic E-state index is 0.892. The number of nitrogens with zero attached hydrogens (tertiary/aromatic N) is 1. The number of para-hydroxylation sites is 1. The molecule has 0 saturated heterocycles. The number of hydrogen-bond acceptors (Lipinski definition) is 3. The van der Waals surface area contributed by atoms with Crippen molar-refractivity contribution in [2.24, 2.45) is 0 Å². The van der Waals surface area contributed by atoms with Gasteiger partial charge in [-0.2, -0.15) is 0 Å². The first-order chi connectivity index (χ1) is 24.3. The molecular weight excluding hydrogens is 615 g/mol. The van der Waals surface area contributed by atoms with Gasteiger partial charge < -0.3 is 9.32 Å². The summed E-state index contributed by atoms with van der Waals surface area (Å²) in [6.07, 6.45) is 0. The molecule has 0 amide bonds. The maximum atomic E-state index is 6.25. The molecule has 2 nitrogen and oxygen atoms in total. The van der Waals surface area contributed by atoms with Crippen molar-refractivity contribution in [2.45, 2.75) is 0 Å². The molecule has 230 valence electrons. The van der Waals surface area contributed by atoms with E-state index in [-0.39, 0.29) is 0 Å². The Morgan fingerprint density at radius 3 is 2.00 bits per heavy atom. The smallest absolute Gasteiger partial charge is 0.135 e. The molecule has 8 aromatic carbocycles. The van der Waals surface area contributed by atoms with Crippen molar-refractivity contribution in [3.8, 4) is 22.3 Å². The number of hydrogen-bond donors (Lipinski definition) is 0. The topological polar surface area (TPSA) is 16.4 Å². The number of anilines is 3. The minimum Gasteiger partial charge on any atom is -0.456 e. The highest BCUT2D eigenvalue weighted by atomic mass is 32.1. The molecule has 0 atom stereocenters. The number of furan rings is 1. The molecule has 0 fully saturated rings. The van der Waals surface area contributed by atoms with Crippen LogP contribution < -0.4 is 4.90 Å². The number of rotatable bonds is 5. The molecule has 2 aromatic heterocycles. The lowest BCUT2D eigenvalue weighted by molar-refractivity contribution is 0.669. The Morgan fingerprint density at radius 2 is 1.12 bits per heavy atom. The quantitative estimate of drug-likeness (QED) is 0.186. The van der Waals surface area contributed by atoms with Gasteiger partial charge in [0.25, 0.3) is 0 Å². The van der Waals surface area contributed by atoms with E-state index in [1.54, 1.807) is 0 Å². The van der Waals surface area contributed by atoms with Gasteiger partial charge in [0.05, 0.1) is 10.4 Å². The summed E-state index contributed by atoms with van der Waals surface area (Å²) in [6.45, 7) is 0. The van der Waals surface area contributed by atoms with Crippen molar-refractivity contribution in [3.05, 3.63) is 176 Å². The van der Waals surface area contributed by atoms with Gasteiger partial charge in [-0.15, -0.1) is 11.3 Å². The Kier molecular flexibility index (Phi) is 6.39. The van der Waals surface area contributed by atoms with E-state index in [0.29, 0.717) is 0 Å². The number of fused-ring (bicyclic) bond motifs is 7. The largest absolute Gasteiger partial charge is 0.456 e. The fraction of sp³-hybridized carbons (Fsp3) is 0. The van der Waals surface area contributed by atoms with Crippen LogP contribution >= 0.6 is 11.3 Å². The van der Waals surface area contributed by atoms with Crippen LogP contribution in [-0.2, 0) is 0 Å². The molecule has 0 unspecified atom stereocenters. The summed E-state index contributed by atoms with van der Waals surface area (Å²) < 4.78 is 8.80. The molecule has 0 N–H and O–H groups in total. The second kappa shape index (κ2) is 11.2. The van der Waals surface area contributed by atoms with Crippen molar-refractivity contribution in [1.29, 1.82) is 0 Å². The van der Waals surface area contributed by atoms with E-state index in [2.05, 4.69) is 169 Å². The zero-order chi connectivity index (χ0) is 32.3. The van der Waals surface area contributed by atoms with Crippen LogP contribution in [0.4, 0.5) is 17.1 Å². The molecular formula is C46H29NOS. The Labute approximate surface area is 287 Å². The van der Waals surface area contributed by atoms with Crippen molar-refractivity contribution in [3.63, 3.8) is 0 Å². The highest BCUT2D eigenvalue weighted by molar-refractivity contribution is 7.26. The zero-order valence-electron chi connectivity index (χ0n) is 26.5. The van der Waals surface area contributed by atoms with Crippen LogP contribution in [0.3, 0.4) is 0 Å². The van der Waals surface area contributed by atoms with Gasteiger partial charge in [0.1, 0.15) is 11.2 Å². The summed E-state index contributed by atoms with van der Waals surface area (Å²) in [5.74, 6) is 0. The lowest BCUT2D eigenvalue weighted by Gasteiger charge is -2.27. The number of benzene rings is 8. The Balaban J connectivity index is 1.20. The molecule has 0 radical (unpaired) electrons. The first-order valence-corrected chi connectivity index (χ1v) is 17.4. The van der Waals surface area contributed by atoms with Crippen LogP contribution in [0.1, 0.15) is 0 Å². The Bertz CT molecular complexity index is 2830. The van der Waals surface area contributed by atoms with Gasteiger partial charge in [-0.3, -0.25) is 0 Å². The van der Waals surface area contributed by atoms with Crippen LogP contribution in [0, 0.1) is 0 Å². The van der Waals surface area contributed by atoms with Gasteiger partial charge in [0.15, 0.2) is 0 Å². The molecule has 0 aliphatic carbocycles. The van der Waals surface area contributed by atoms with Crippen LogP contribution in [0.15, 0.2) is 180 Å². The Morgan fingerprint density at radius 1 is 0.429 bits per heavy atom. The average molecular weight is 644 g/mol. The third-order valence-electron chi connectivity index (χ3n) is 9.66. The Hall–Kier alpha value is -6.16. The molecule has 0 bridgehead atoms. The summed E-state index contributed by atoms with van der Waals surface area (Å²) in [6, 6.07) is 63.3. The van der Waals surface area contributed by atoms with E-state index in [1.165, 1.54) is 53.2 Å². The van der Waals surface area contributed by atoms with Crippen molar-refractivity contribution < 1.29 is 4.42 Å². The van der Waals surface area contributed by atoms with E-state index >= 15 is 0 Å². The van der Waals surface area contributed by atoms with Crippen LogP contribution in [0.2, 0.25) is 0 Å². The van der Waals surface area contributed by atoms with E-state index < -0.39 is 0 Å². The maximum Gasteiger partial charge on any atom is 0.135 e. The maximum absolute atomic E-state index is 6.25. The summed E-state index contributed by atoms with van der Waals surface area (Å²) in [5, 5.41) is 7.30. The van der Waals surface area contributed by atoms with Crippen molar-refractivity contribution in [1.82, 2.24) is 0 Å². The fourth-order valence-electron chi connectivity index (χ4n) is 7.30. The van der Waals surface area contributed by atoms with Gasteiger partial charge >= 0.3 is 0 Å². The molecule has 0 aliphatic rings. The van der Waals surface area contributed by atoms with E-state index in [1.807, 2.05) is 23.5 Å². The predicted molar refractivity (Wildman–Crippen MR) is 210 cm³/mol. The summed E-state index contributed by atoms with van der Waals surface area (Å²) in [7, 11) is 0. The molecule has 10 rings (SSSR count). The van der Waals surface area contributed by atoms with Gasteiger partial charge in [-0.1, -0.05) is 121 Å². The van der Waals surface area contributed by atoms with Crippen LogP contribution in [-0.4, -0.2) is 0 Å². The highest BCUT2D eigenvalue weighted by Gasteiger charge is 2.22. The average Bonchev–Trinajstić information content (AvgIpc) is 3.74. The van der Waals surface area contributed by atoms with Crippen LogP contribution in [0.5, 0.6) is 0 Å².